The molecule has 0 heterocycles. The van der Waals surface area contributed by atoms with E-state index in [0.29, 0.717) is 0 Å². The van der Waals surface area contributed by atoms with E-state index in [1.54, 1.807) is 0 Å². The molecule has 1 N–H and O–H groups in total. The topological polar surface area (TPSA) is 29.5 Å². The Bertz CT molecular complexity index is 155. The van der Waals surface area contributed by atoms with Gasteiger partial charge in [-0.2, -0.15) is 0 Å². The fourth-order valence-electron chi connectivity index (χ4n) is 0.414. The van der Waals surface area contributed by atoms with E-state index >= 15 is 0 Å². The van der Waals surface area contributed by atoms with Crippen molar-refractivity contribution in [1.29, 1.82) is 0 Å². The standard InChI is InChI=1S/C7H13F3O2/c1-5(2,11)6(3,4)12-7(8,9)10/h11H,1-4H3. The fourth-order valence-corrected chi connectivity index (χ4v) is 0.414. The zero-order valence-electron chi connectivity index (χ0n) is 7.49. The molecule has 2 nitrogen and oxygen atoms in total. The maximum atomic E-state index is 11.7. The molecule has 0 bridgehead atoms. The van der Waals surface area contributed by atoms with E-state index in [0.717, 1.165) is 0 Å². The number of hydrogen-bond donors (Lipinski definition) is 1. The molecule has 0 rings (SSSR count). The first-order chi connectivity index (χ1) is 4.96. The van der Waals surface area contributed by atoms with E-state index in [2.05, 4.69) is 4.74 Å². The predicted octanol–water partition coefficient (Wildman–Crippen LogP) is 2.07. The van der Waals surface area contributed by atoms with Crippen molar-refractivity contribution >= 4 is 0 Å². The van der Waals surface area contributed by atoms with Crippen molar-refractivity contribution in [3.05, 3.63) is 0 Å². The van der Waals surface area contributed by atoms with Crippen molar-refractivity contribution in [3.8, 4) is 0 Å². The van der Waals surface area contributed by atoms with Crippen LogP contribution in [0, 0.1) is 0 Å². The molecule has 0 unspecified atom stereocenters. The monoisotopic (exact) mass is 186 g/mol. The molecule has 0 saturated carbocycles. The predicted molar refractivity (Wildman–Crippen MR) is 37.5 cm³/mol. The summed E-state index contributed by atoms with van der Waals surface area (Å²) in [5.74, 6) is 0. The quantitative estimate of drug-likeness (QED) is 0.715. The van der Waals surface area contributed by atoms with Gasteiger partial charge in [0.15, 0.2) is 0 Å². The van der Waals surface area contributed by atoms with Crippen LogP contribution in [0.3, 0.4) is 0 Å². The normalized spacial score (nSPS) is 15.0. The minimum Gasteiger partial charge on any atom is -0.387 e. The van der Waals surface area contributed by atoms with Crippen LogP contribution in [-0.4, -0.2) is 22.7 Å². The number of ether oxygens (including phenoxy) is 1. The van der Waals surface area contributed by atoms with Crippen molar-refractivity contribution in [2.75, 3.05) is 0 Å². The highest BCUT2D eigenvalue weighted by Crippen LogP contribution is 2.32. The SMILES string of the molecule is CC(C)(O)C(C)(C)OC(F)(F)F. The minimum absolute atomic E-state index is 1.18. The first-order valence-corrected chi connectivity index (χ1v) is 3.45. The van der Waals surface area contributed by atoms with E-state index in [1.165, 1.54) is 27.7 Å². The average molecular weight is 186 g/mol. The number of hydrogen-bond acceptors (Lipinski definition) is 2. The second kappa shape index (κ2) is 2.88. The van der Waals surface area contributed by atoms with Crippen molar-refractivity contribution in [3.63, 3.8) is 0 Å². The molecule has 0 aromatic carbocycles. The van der Waals surface area contributed by atoms with E-state index in [-0.39, 0.29) is 0 Å². The van der Waals surface area contributed by atoms with E-state index in [4.69, 9.17) is 0 Å². The molecule has 0 aliphatic carbocycles. The van der Waals surface area contributed by atoms with Crippen LogP contribution in [0.2, 0.25) is 0 Å². The number of aliphatic hydroxyl groups is 1. The average Bonchev–Trinajstić information content (AvgIpc) is 1.52. The van der Waals surface area contributed by atoms with Crippen LogP contribution in [0.4, 0.5) is 13.2 Å². The molecule has 0 aromatic rings. The lowest BCUT2D eigenvalue weighted by molar-refractivity contribution is -0.380. The lowest BCUT2D eigenvalue weighted by Crippen LogP contribution is -2.50. The lowest BCUT2D eigenvalue weighted by atomic mass is 9.90. The van der Waals surface area contributed by atoms with Crippen LogP contribution >= 0.6 is 0 Å². The van der Waals surface area contributed by atoms with Gasteiger partial charge in [-0.25, -0.2) is 0 Å². The molecular formula is C7H13F3O2. The molecule has 0 aromatic heterocycles. The highest BCUT2D eigenvalue weighted by Gasteiger charge is 2.45. The van der Waals surface area contributed by atoms with Crippen LogP contribution in [0.1, 0.15) is 27.7 Å². The first kappa shape index (κ1) is 11.7. The summed E-state index contributed by atoms with van der Waals surface area (Å²) in [6.07, 6.45) is -4.72. The smallest absolute Gasteiger partial charge is 0.387 e. The van der Waals surface area contributed by atoms with Gasteiger partial charge in [0.2, 0.25) is 0 Å². The second-order valence-corrected chi connectivity index (χ2v) is 3.62. The van der Waals surface area contributed by atoms with Gasteiger partial charge in [0.1, 0.15) is 0 Å². The molecule has 0 aliphatic rings. The van der Waals surface area contributed by atoms with Gasteiger partial charge in [0.25, 0.3) is 0 Å². The van der Waals surface area contributed by atoms with Gasteiger partial charge >= 0.3 is 6.36 Å². The summed E-state index contributed by atoms with van der Waals surface area (Å²) in [5.41, 5.74) is -3.19. The number of halogens is 3. The number of rotatable bonds is 2. The zero-order valence-corrected chi connectivity index (χ0v) is 7.49. The molecule has 0 amide bonds. The first-order valence-electron chi connectivity index (χ1n) is 3.45. The van der Waals surface area contributed by atoms with Crippen molar-refractivity contribution < 1.29 is 23.0 Å². The summed E-state index contributed by atoms with van der Waals surface area (Å²) < 4.78 is 39.0. The van der Waals surface area contributed by atoms with Crippen LogP contribution < -0.4 is 0 Å². The Morgan fingerprint density at radius 1 is 1.00 bits per heavy atom. The second-order valence-electron chi connectivity index (χ2n) is 3.62. The molecule has 0 radical (unpaired) electrons. The Kier molecular flexibility index (Phi) is 2.81. The summed E-state index contributed by atoms with van der Waals surface area (Å²) in [5, 5.41) is 9.28. The van der Waals surface area contributed by atoms with E-state index in [9.17, 15) is 18.3 Å². The van der Waals surface area contributed by atoms with Gasteiger partial charge in [-0.15, -0.1) is 13.2 Å². The Labute approximate surface area is 69.3 Å². The van der Waals surface area contributed by atoms with E-state index in [1.807, 2.05) is 0 Å². The molecule has 0 fully saturated rings. The Hall–Kier alpha value is -0.290. The Morgan fingerprint density at radius 2 is 1.33 bits per heavy atom. The third-order valence-electron chi connectivity index (χ3n) is 1.84. The van der Waals surface area contributed by atoms with Crippen molar-refractivity contribution in [1.82, 2.24) is 0 Å². The Morgan fingerprint density at radius 3 is 1.42 bits per heavy atom. The fraction of sp³-hybridized carbons (Fsp3) is 1.00. The van der Waals surface area contributed by atoms with Crippen LogP contribution in [0.25, 0.3) is 0 Å². The van der Waals surface area contributed by atoms with Gasteiger partial charge in [-0.3, -0.25) is 4.74 Å². The molecule has 5 heteroatoms. The molecule has 0 aliphatic heterocycles. The van der Waals surface area contributed by atoms with Crippen molar-refractivity contribution in [2.45, 2.75) is 45.3 Å². The summed E-state index contributed by atoms with van der Waals surface area (Å²) >= 11 is 0. The molecule has 74 valence electrons. The van der Waals surface area contributed by atoms with Crippen LogP contribution in [0.5, 0.6) is 0 Å². The van der Waals surface area contributed by atoms with Crippen LogP contribution in [-0.2, 0) is 4.74 Å². The van der Waals surface area contributed by atoms with Crippen LogP contribution in [0.15, 0.2) is 0 Å². The largest absolute Gasteiger partial charge is 0.523 e. The molecular weight excluding hydrogens is 173 g/mol. The summed E-state index contributed by atoms with van der Waals surface area (Å²) in [6.45, 7) is 4.89. The van der Waals surface area contributed by atoms with Gasteiger partial charge in [0, 0.05) is 0 Å². The van der Waals surface area contributed by atoms with Gasteiger partial charge < -0.3 is 5.11 Å². The summed E-state index contributed by atoms with van der Waals surface area (Å²) in [6, 6.07) is 0. The molecule has 0 saturated heterocycles. The third-order valence-corrected chi connectivity index (χ3v) is 1.84. The minimum atomic E-state index is -4.72. The van der Waals surface area contributed by atoms with Gasteiger partial charge in [-0.05, 0) is 27.7 Å². The zero-order chi connectivity index (χ0) is 10.2. The highest BCUT2D eigenvalue weighted by molar-refractivity contribution is 4.87. The Balaban J connectivity index is 4.44. The van der Waals surface area contributed by atoms with Gasteiger partial charge in [-0.1, -0.05) is 0 Å². The van der Waals surface area contributed by atoms with Gasteiger partial charge in [0.05, 0.1) is 11.2 Å². The molecule has 0 atom stereocenters. The summed E-state index contributed by atoms with van der Waals surface area (Å²) in [4.78, 5) is 0. The highest BCUT2D eigenvalue weighted by atomic mass is 19.4. The molecule has 12 heavy (non-hydrogen) atoms. The third kappa shape index (κ3) is 3.40. The van der Waals surface area contributed by atoms with Crippen molar-refractivity contribution in [2.24, 2.45) is 0 Å². The lowest BCUT2D eigenvalue weighted by Gasteiger charge is -2.37. The maximum absolute atomic E-state index is 11.7. The summed E-state index contributed by atoms with van der Waals surface area (Å²) in [7, 11) is 0. The maximum Gasteiger partial charge on any atom is 0.523 e. The molecule has 0 spiro atoms. The van der Waals surface area contributed by atoms with E-state index < -0.39 is 17.6 Å². The number of alkyl halides is 3.